The fourth-order valence-electron chi connectivity index (χ4n) is 1.10. The van der Waals surface area contributed by atoms with Crippen molar-refractivity contribution >= 4 is 10.0 Å². The topological polar surface area (TPSA) is 58.2 Å². The number of sulfonamides is 1. The van der Waals surface area contributed by atoms with E-state index in [1.54, 1.807) is 6.08 Å². The van der Waals surface area contributed by atoms with E-state index in [1.165, 1.54) is 4.72 Å². The van der Waals surface area contributed by atoms with Gasteiger partial charge in [-0.1, -0.05) is 11.6 Å². The van der Waals surface area contributed by atoms with Gasteiger partial charge in [-0.2, -0.15) is 13.2 Å². The van der Waals surface area contributed by atoms with Crippen molar-refractivity contribution in [3.8, 4) is 0 Å². The van der Waals surface area contributed by atoms with Gasteiger partial charge in [0.1, 0.15) is 0 Å². The molecule has 0 amide bonds. The van der Waals surface area contributed by atoms with Gasteiger partial charge in [-0.3, -0.25) is 0 Å². The molecule has 8 heteroatoms. The van der Waals surface area contributed by atoms with Gasteiger partial charge in [0.25, 0.3) is 0 Å². The van der Waals surface area contributed by atoms with Crippen molar-refractivity contribution in [1.82, 2.24) is 10.0 Å². The highest BCUT2D eigenvalue weighted by molar-refractivity contribution is 7.90. The molecule has 0 aromatic heterocycles. The van der Waals surface area contributed by atoms with Crippen LogP contribution in [0.5, 0.6) is 0 Å². The number of rotatable bonds is 3. The van der Waals surface area contributed by atoms with Crippen LogP contribution < -0.4 is 10.0 Å². The lowest BCUT2D eigenvalue weighted by molar-refractivity contribution is -0.0446. The Kier molecular flexibility index (Phi) is 3.74. The third kappa shape index (κ3) is 3.47. The molecule has 0 aromatic carbocycles. The van der Waals surface area contributed by atoms with Crippen LogP contribution in [0.4, 0.5) is 13.2 Å². The first kappa shape index (κ1) is 12.5. The van der Waals surface area contributed by atoms with E-state index < -0.39 is 15.5 Å². The van der Waals surface area contributed by atoms with Crippen molar-refractivity contribution in [1.29, 1.82) is 0 Å². The van der Waals surface area contributed by atoms with Crippen molar-refractivity contribution < 1.29 is 21.6 Å². The number of nitrogens with one attached hydrogen (secondary N) is 2. The van der Waals surface area contributed by atoms with Crippen molar-refractivity contribution in [2.24, 2.45) is 0 Å². The summed E-state index contributed by atoms with van der Waals surface area (Å²) in [6.07, 6.45) is 2.24. The zero-order valence-corrected chi connectivity index (χ0v) is 8.58. The molecule has 1 aliphatic rings. The van der Waals surface area contributed by atoms with E-state index in [0.29, 0.717) is 25.1 Å². The first-order valence-corrected chi connectivity index (χ1v) is 5.76. The Labute approximate surface area is 85.6 Å². The minimum atomic E-state index is -5.24. The molecule has 2 N–H and O–H groups in total. The van der Waals surface area contributed by atoms with Crippen molar-refractivity contribution in [2.45, 2.75) is 11.9 Å². The number of hydrogen-bond acceptors (Lipinski definition) is 3. The molecular formula is C7H11F3N2O2S. The maximum Gasteiger partial charge on any atom is 0.511 e. The Hall–Kier alpha value is -0.600. The summed E-state index contributed by atoms with van der Waals surface area (Å²) in [4.78, 5) is 0. The maximum absolute atomic E-state index is 11.9. The van der Waals surface area contributed by atoms with Gasteiger partial charge in [0.15, 0.2) is 0 Å². The van der Waals surface area contributed by atoms with E-state index >= 15 is 0 Å². The highest BCUT2D eigenvalue weighted by atomic mass is 32.2. The summed E-state index contributed by atoms with van der Waals surface area (Å²) in [5.41, 5.74) is -4.57. The summed E-state index contributed by atoms with van der Waals surface area (Å²) in [5.74, 6) is 0. The molecular weight excluding hydrogens is 233 g/mol. The number of hydrogen-bond donors (Lipinski definition) is 2. The zero-order valence-electron chi connectivity index (χ0n) is 7.76. The number of alkyl halides is 3. The van der Waals surface area contributed by atoms with E-state index in [4.69, 9.17) is 0 Å². The van der Waals surface area contributed by atoms with Gasteiger partial charge in [0, 0.05) is 13.1 Å². The van der Waals surface area contributed by atoms with E-state index in [9.17, 15) is 21.6 Å². The molecule has 0 radical (unpaired) electrons. The molecule has 0 fully saturated rings. The highest BCUT2D eigenvalue weighted by Crippen LogP contribution is 2.21. The van der Waals surface area contributed by atoms with E-state index in [-0.39, 0.29) is 6.54 Å². The van der Waals surface area contributed by atoms with E-state index in [2.05, 4.69) is 5.32 Å². The minimum absolute atomic E-state index is 0.274. The quantitative estimate of drug-likeness (QED) is 0.704. The normalized spacial score (nSPS) is 18.7. The fourth-order valence-corrected chi connectivity index (χ4v) is 1.64. The molecule has 4 nitrogen and oxygen atoms in total. The van der Waals surface area contributed by atoms with Crippen LogP contribution in [0.1, 0.15) is 6.42 Å². The van der Waals surface area contributed by atoms with Crippen molar-refractivity contribution in [3.05, 3.63) is 11.6 Å². The summed E-state index contributed by atoms with van der Waals surface area (Å²) in [6.45, 7) is 0.937. The summed E-state index contributed by atoms with van der Waals surface area (Å²) >= 11 is 0. The predicted octanol–water partition coefficient (Wildman–Crippen LogP) is 0.345. The molecule has 0 atom stereocenters. The molecule has 0 aliphatic carbocycles. The third-order valence-corrected chi connectivity index (χ3v) is 3.09. The molecule has 1 aliphatic heterocycles. The van der Waals surface area contributed by atoms with Gasteiger partial charge in [-0.15, -0.1) is 0 Å². The van der Waals surface area contributed by atoms with Crippen molar-refractivity contribution in [2.75, 3.05) is 19.6 Å². The fraction of sp³-hybridized carbons (Fsp3) is 0.714. The van der Waals surface area contributed by atoms with Crippen LogP contribution in [-0.4, -0.2) is 33.6 Å². The van der Waals surface area contributed by atoms with Crippen LogP contribution in [-0.2, 0) is 10.0 Å². The minimum Gasteiger partial charge on any atom is -0.313 e. The standard InChI is InChI=1S/C7H11F3N2O2S/c8-7(9,10)15(13,14)12-5-6-1-3-11-4-2-6/h1,11-12H,2-5H2. The Morgan fingerprint density at radius 1 is 1.47 bits per heavy atom. The van der Waals surface area contributed by atoms with Crippen LogP contribution in [0.3, 0.4) is 0 Å². The number of halogens is 3. The molecule has 0 aromatic rings. The lowest BCUT2D eigenvalue weighted by Gasteiger charge is -2.15. The highest BCUT2D eigenvalue weighted by Gasteiger charge is 2.45. The molecule has 1 heterocycles. The molecule has 0 spiro atoms. The van der Waals surface area contributed by atoms with Gasteiger partial charge in [-0.25, -0.2) is 13.1 Å². The molecule has 88 valence electrons. The van der Waals surface area contributed by atoms with Gasteiger partial charge >= 0.3 is 15.5 Å². The van der Waals surface area contributed by atoms with Gasteiger partial charge < -0.3 is 5.32 Å². The summed E-state index contributed by atoms with van der Waals surface area (Å²) < 4.78 is 58.5. The summed E-state index contributed by atoms with van der Waals surface area (Å²) in [6, 6.07) is 0. The first-order valence-electron chi connectivity index (χ1n) is 4.27. The molecule has 15 heavy (non-hydrogen) atoms. The average molecular weight is 244 g/mol. The molecule has 1 rings (SSSR count). The predicted molar refractivity (Wildman–Crippen MR) is 48.5 cm³/mol. The largest absolute Gasteiger partial charge is 0.511 e. The Balaban J connectivity index is 2.53. The van der Waals surface area contributed by atoms with E-state index in [0.717, 1.165) is 0 Å². The van der Waals surface area contributed by atoms with Gasteiger partial charge in [-0.05, 0) is 13.0 Å². The molecule has 0 bridgehead atoms. The second-order valence-corrected chi connectivity index (χ2v) is 4.85. The SMILES string of the molecule is O=S(=O)(NCC1=CCNCC1)C(F)(F)F. The van der Waals surface area contributed by atoms with Crippen LogP contribution in [0.25, 0.3) is 0 Å². The molecule has 0 saturated carbocycles. The van der Waals surface area contributed by atoms with Crippen LogP contribution in [0.2, 0.25) is 0 Å². The van der Waals surface area contributed by atoms with Crippen LogP contribution in [0, 0.1) is 0 Å². The third-order valence-electron chi connectivity index (χ3n) is 1.95. The zero-order chi connectivity index (χ0) is 11.5. The molecule has 0 unspecified atom stereocenters. The average Bonchev–Trinajstić information content (AvgIpc) is 2.15. The maximum atomic E-state index is 11.9. The lowest BCUT2D eigenvalue weighted by Crippen LogP contribution is -2.38. The summed E-state index contributed by atoms with van der Waals surface area (Å²) in [7, 11) is -5.21. The van der Waals surface area contributed by atoms with Gasteiger partial charge in [0.2, 0.25) is 0 Å². The van der Waals surface area contributed by atoms with Gasteiger partial charge in [0.05, 0.1) is 0 Å². The lowest BCUT2D eigenvalue weighted by atomic mass is 10.1. The monoisotopic (exact) mass is 244 g/mol. The summed E-state index contributed by atoms with van der Waals surface area (Å²) in [5, 5.41) is 2.97. The first-order chi connectivity index (χ1) is 6.83. The van der Waals surface area contributed by atoms with Crippen LogP contribution >= 0.6 is 0 Å². The Morgan fingerprint density at radius 2 is 2.13 bits per heavy atom. The molecule has 0 saturated heterocycles. The van der Waals surface area contributed by atoms with E-state index in [1.807, 2.05) is 0 Å². The second-order valence-electron chi connectivity index (χ2n) is 3.09. The smallest absolute Gasteiger partial charge is 0.313 e. The second kappa shape index (κ2) is 4.50. The van der Waals surface area contributed by atoms with Crippen LogP contribution in [0.15, 0.2) is 11.6 Å². The Morgan fingerprint density at radius 3 is 2.60 bits per heavy atom. The Bertz CT molecular complexity index is 348. The van der Waals surface area contributed by atoms with Crippen molar-refractivity contribution in [3.63, 3.8) is 0 Å².